The highest BCUT2D eigenvalue weighted by molar-refractivity contribution is 5.24. The summed E-state index contributed by atoms with van der Waals surface area (Å²) in [7, 11) is 0. The number of para-hydroxylation sites is 2. The summed E-state index contributed by atoms with van der Waals surface area (Å²) < 4.78 is 18.7. The number of hydrogen-bond acceptors (Lipinski definition) is 3. The maximum atomic E-state index is 6.62. The molecule has 156 valence electrons. The molecule has 4 aromatic carbocycles. The fourth-order valence-corrected chi connectivity index (χ4v) is 3.34. The van der Waals surface area contributed by atoms with E-state index in [2.05, 4.69) is 24.3 Å². The van der Waals surface area contributed by atoms with Gasteiger partial charge in [0, 0.05) is 0 Å². The summed E-state index contributed by atoms with van der Waals surface area (Å²) in [5.41, 5.74) is 2.14. The third kappa shape index (κ3) is 6.21. The molecule has 0 fully saturated rings. The average molecular weight is 411 g/mol. The van der Waals surface area contributed by atoms with Crippen LogP contribution in [0.5, 0.6) is 11.5 Å². The molecule has 2 atom stereocenters. The minimum Gasteiger partial charge on any atom is -0.491 e. The first-order valence-electron chi connectivity index (χ1n) is 10.5. The zero-order chi connectivity index (χ0) is 21.1. The van der Waals surface area contributed by atoms with Gasteiger partial charge in [0.15, 0.2) is 0 Å². The predicted octanol–water partition coefficient (Wildman–Crippen LogP) is 6.64. The summed E-state index contributed by atoms with van der Waals surface area (Å²) in [5, 5.41) is 0. The van der Waals surface area contributed by atoms with Gasteiger partial charge in [0.1, 0.15) is 36.9 Å². The molecule has 3 heteroatoms. The van der Waals surface area contributed by atoms with Crippen molar-refractivity contribution >= 4 is 0 Å². The van der Waals surface area contributed by atoms with Crippen LogP contribution in [-0.2, 0) is 4.74 Å². The fourth-order valence-electron chi connectivity index (χ4n) is 3.34. The second-order valence-electron chi connectivity index (χ2n) is 7.18. The summed E-state index contributed by atoms with van der Waals surface area (Å²) in [5.74, 6) is 1.65. The van der Waals surface area contributed by atoms with Gasteiger partial charge in [-0.05, 0) is 35.4 Å². The van der Waals surface area contributed by atoms with Crippen LogP contribution in [0.3, 0.4) is 0 Å². The van der Waals surface area contributed by atoms with Gasteiger partial charge in [0.2, 0.25) is 0 Å². The molecule has 4 rings (SSSR count). The van der Waals surface area contributed by atoms with E-state index in [9.17, 15) is 0 Å². The normalized spacial score (nSPS) is 12.6. The largest absolute Gasteiger partial charge is 0.491 e. The van der Waals surface area contributed by atoms with Crippen molar-refractivity contribution in [3.63, 3.8) is 0 Å². The van der Waals surface area contributed by atoms with Crippen LogP contribution in [0, 0.1) is 0 Å². The lowest BCUT2D eigenvalue weighted by molar-refractivity contribution is -0.0556. The van der Waals surface area contributed by atoms with Gasteiger partial charge in [-0.3, -0.25) is 0 Å². The first-order valence-corrected chi connectivity index (χ1v) is 10.5. The van der Waals surface area contributed by atoms with Crippen LogP contribution >= 0.6 is 0 Å². The molecule has 0 bridgehead atoms. The molecule has 0 aliphatic carbocycles. The van der Waals surface area contributed by atoms with Gasteiger partial charge in [-0.15, -0.1) is 0 Å². The third-order valence-electron chi connectivity index (χ3n) is 4.96. The first-order chi connectivity index (χ1) is 15.4. The Labute approximate surface area is 183 Å². The number of rotatable bonds is 10. The van der Waals surface area contributed by atoms with Crippen molar-refractivity contribution in [2.24, 2.45) is 0 Å². The van der Waals surface area contributed by atoms with E-state index < -0.39 is 0 Å². The van der Waals surface area contributed by atoms with E-state index in [-0.39, 0.29) is 12.2 Å². The summed E-state index contributed by atoms with van der Waals surface area (Å²) >= 11 is 0. The van der Waals surface area contributed by atoms with Crippen LogP contribution in [-0.4, -0.2) is 13.2 Å². The monoisotopic (exact) mass is 410 g/mol. The van der Waals surface area contributed by atoms with E-state index >= 15 is 0 Å². The van der Waals surface area contributed by atoms with Gasteiger partial charge in [-0.25, -0.2) is 0 Å². The van der Waals surface area contributed by atoms with Crippen LogP contribution in [0.1, 0.15) is 23.3 Å². The molecule has 31 heavy (non-hydrogen) atoms. The maximum absolute atomic E-state index is 6.62. The van der Waals surface area contributed by atoms with Crippen molar-refractivity contribution in [1.29, 1.82) is 0 Å². The standard InChI is InChI=1S/C28H26O3/c1-5-13-23(14-6-1)27(21-29-25-17-9-3-10-18-25)31-28(24-15-7-2-8-16-24)22-30-26-19-11-4-12-20-26/h1-20,27-28H,21-22H2. The van der Waals surface area contributed by atoms with Crippen molar-refractivity contribution < 1.29 is 14.2 Å². The Morgan fingerprint density at radius 2 is 0.742 bits per heavy atom. The van der Waals surface area contributed by atoms with Gasteiger partial charge in [-0.2, -0.15) is 0 Å². The lowest BCUT2D eigenvalue weighted by Crippen LogP contribution is -2.21. The molecule has 4 aromatic rings. The molecule has 0 radical (unpaired) electrons. The molecule has 0 aliphatic rings. The molecular formula is C28H26O3. The van der Waals surface area contributed by atoms with Crippen LogP contribution in [0.4, 0.5) is 0 Å². The minimum absolute atomic E-state index is 0.244. The third-order valence-corrected chi connectivity index (χ3v) is 4.96. The van der Waals surface area contributed by atoms with E-state index in [0.717, 1.165) is 22.6 Å². The maximum Gasteiger partial charge on any atom is 0.119 e. The number of ether oxygens (including phenoxy) is 3. The molecular weight excluding hydrogens is 384 g/mol. The molecule has 0 aliphatic heterocycles. The lowest BCUT2D eigenvalue weighted by Gasteiger charge is -2.26. The first kappa shape index (κ1) is 20.7. The van der Waals surface area contributed by atoms with E-state index in [1.54, 1.807) is 0 Å². The fraction of sp³-hybridized carbons (Fsp3) is 0.143. The second kappa shape index (κ2) is 11.0. The smallest absolute Gasteiger partial charge is 0.119 e. The summed E-state index contributed by atoms with van der Waals surface area (Å²) in [6.45, 7) is 0.811. The molecule has 0 heterocycles. The minimum atomic E-state index is -0.244. The lowest BCUT2D eigenvalue weighted by atomic mass is 10.1. The topological polar surface area (TPSA) is 27.7 Å². The number of benzene rings is 4. The summed E-state index contributed by atoms with van der Waals surface area (Å²) in [6, 6.07) is 40.0. The van der Waals surface area contributed by atoms with Gasteiger partial charge in [0.05, 0.1) is 0 Å². The second-order valence-corrected chi connectivity index (χ2v) is 7.18. The zero-order valence-corrected chi connectivity index (χ0v) is 17.3. The molecule has 3 nitrogen and oxygen atoms in total. The highest BCUT2D eigenvalue weighted by Gasteiger charge is 2.22. The highest BCUT2D eigenvalue weighted by Crippen LogP contribution is 2.29. The van der Waals surface area contributed by atoms with Gasteiger partial charge in [-0.1, -0.05) is 97.1 Å². The van der Waals surface area contributed by atoms with Crippen LogP contribution < -0.4 is 9.47 Å². The van der Waals surface area contributed by atoms with E-state index in [4.69, 9.17) is 14.2 Å². The SMILES string of the molecule is c1ccc(OCC(OC(COc2ccccc2)c2ccccc2)c2ccccc2)cc1. The molecule has 2 unspecified atom stereocenters. The van der Waals surface area contributed by atoms with Crippen molar-refractivity contribution in [2.75, 3.05) is 13.2 Å². The average Bonchev–Trinajstić information content (AvgIpc) is 2.86. The van der Waals surface area contributed by atoms with Crippen LogP contribution in [0.2, 0.25) is 0 Å². The predicted molar refractivity (Wildman–Crippen MR) is 123 cm³/mol. The molecule has 0 aromatic heterocycles. The summed E-state index contributed by atoms with van der Waals surface area (Å²) in [6.07, 6.45) is -0.489. The Kier molecular flexibility index (Phi) is 7.35. The summed E-state index contributed by atoms with van der Waals surface area (Å²) in [4.78, 5) is 0. The number of hydrogen-bond donors (Lipinski definition) is 0. The molecule has 0 N–H and O–H groups in total. The molecule has 0 amide bonds. The zero-order valence-electron chi connectivity index (χ0n) is 17.3. The van der Waals surface area contributed by atoms with Gasteiger partial charge >= 0.3 is 0 Å². The Bertz CT molecular complexity index is 920. The Balaban J connectivity index is 1.53. The Hall–Kier alpha value is -3.56. The van der Waals surface area contributed by atoms with Crippen molar-refractivity contribution in [2.45, 2.75) is 12.2 Å². The highest BCUT2D eigenvalue weighted by atomic mass is 16.6. The van der Waals surface area contributed by atoms with E-state index in [1.165, 1.54) is 0 Å². The van der Waals surface area contributed by atoms with Gasteiger partial charge in [0.25, 0.3) is 0 Å². The molecule has 0 saturated heterocycles. The van der Waals surface area contributed by atoms with Crippen LogP contribution in [0.25, 0.3) is 0 Å². The van der Waals surface area contributed by atoms with Crippen molar-refractivity contribution in [3.8, 4) is 11.5 Å². The Morgan fingerprint density at radius 3 is 1.10 bits per heavy atom. The molecule has 0 saturated carbocycles. The van der Waals surface area contributed by atoms with E-state index in [0.29, 0.717) is 13.2 Å². The van der Waals surface area contributed by atoms with E-state index in [1.807, 2.05) is 97.1 Å². The van der Waals surface area contributed by atoms with Crippen LogP contribution in [0.15, 0.2) is 121 Å². The van der Waals surface area contributed by atoms with Gasteiger partial charge < -0.3 is 14.2 Å². The van der Waals surface area contributed by atoms with Crippen molar-refractivity contribution in [3.05, 3.63) is 132 Å². The quantitative estimate of drug-likeness (QED) is 0.293. The Morgan fingerprint density at radius 1 is 0.419 bits per heavy atom. The molecule has 0 spiro atoms. The van der Waals surface area contributed by atoms with Crippen molar-refractivity contribution in [1.82, 2.24) is 0 Å².